The van der Waals surface area contributed by atoms with Crippen LogP contribution in [0, 0.1) is 11.8 Å². The molecule has 1 saturated heterocycles. The fourth-order valence-electron chi connectivity index (χ4n) is 13.3. The molecular weight excluding hydrogens is 1760 g/mol. The van der Waals surface area contributed by atoms with Crippen molar-refractivity contribution >= 4 is 132 Å². The van der Waals surface area contributed by atoms with Crippen LogP contribution >= 0.6 is 25.3 Å². The van der Waals surface area contributed by atoms with Crippen LogP contribution in [0.5, 0.6) is 11.5 Å². The number of likely N-dealkylation sites (tertiary alicyclic amines) is 1. The smallest absolute Gasteiger partial charge is 0.326 e. The quantitative estimate of drug-likeness (QED) is 0.0127. The number of aromatic hydroxyl groups is 2. The predicted octanol–water partition coefficient (Wildman–Crippen LogP) is -10.8. The number of nitrogens with zero attached hydrogens (tertiary/aromatic N) is 2. The number of primary amides is 1. The number of benzene rings is 2. The molecule has 37 N–H and O–H groups in total. The number of carbonyl (C=O) groups is 17. The number of phenolic OH excluding ortho intramolecular Hbond substituents is 2. The van der Waals surface area contributed by atoms with Crippen LogP contribution in [0.1, 0.15) is 137 Å². The Balaban J connectivity index is 1.91. The first-order valence-electron chi connectivity index (χ1n) is 42.8. The van der Waals surface area contributed by atoms with Crippen LogP contribution in [-0.2, 0) is 94.3 Å². The van der Waals surface area contributed by atoms with Gasteiger partial charge in [0.05, 0.1) is 37.9 Å². The third kappa shape index (κ3) is 38.5. The third-order valence-electron chi connectivity index (χ3n) is 21.1. The molecule has 0 saturated carbocycles. The van der Waals surface area contributed by atoms with Gasteiger partial charge in [-0.2, -0.15) is 25.3 Å². The lowest BCUT2D eigenvalue weighted by Crippen LogP contribution is -2.64. The van der Waals surface area contributed by atoms with E-state index in [2.05, 4.69) is 105 Å². The molecule has 2 aromatic carbocycles. The Morgan fingerprint density at radius 3 is 1.28 bits per heavy atom. The van der Waals surface area contributed by atoms with E-state index in [4.69, 9.17) is 45.9 Å². The number of nitrogens with two attached hydrogens (primary N) is 8. The zero-order valence-electron chi connectivity index (χ0n) is 74.4. The molecule has 1 aliphatic rings. The number of amides is 16. The van der Waals surface area contributed by atoms with Gasteiger partial charge >= 0.3 is 5.97 Å². The second kappa shape index (κ2) is 57.1. The minimum atomic E-state index is -2.04. The lowest BCUT2D eigenvalue weighted by atomic mass is 9.95. The molecule has 48 nitrogen and oxygen atoms in total. The minimum absolute atomic E-state index is 0.0289. The van der Waals surface area contributed by atoms with E-state index in [0.29, 0.717) is 18.4 Å². The predicted molar refractivity (Wildman–Crippen MR) is 482 cm³/mol. The number of aliphatic carboxylic acids is 1. The zero-order chi connectivity index (χ0) is 98.9. The van der Waals surface area contributed by atoms with E-state index in [1.165, 1.54) is 62.4 Å². The van der Waals surface area contributed by atoms with Gasteiger partial charge in [-0.1, -0.05) is 58.4 Å². The fraction of sp³-hybridized carbons (Fsp3) is 0.630. The number of thiol groups is 2. The largest absolute Gasteiger partial charge is 0.508 e. The number of rotatable bonds is 59. The van der Waals surface area contributed by atoms with Crippen molar-refractivity contribution < 1.29 is 117 Å². The van der Waals surface area contributed by atoms with Gasteiger partial charge in [0.25, 0.3) is 0 Å². The number of aliphatic hydroxyl groups is 4. The van der Waals surface area contributed by atoms with E-state index in [-0.39, 0.29) is 126 Å². The Bertz CT molecular complexity index is 4190. The maximum atomic E-state index is 14.7. The molecule has 0 radical (unpaired) electrons. The first-order valence-corrected chi connectivity index (χ1v) is 43.9. The van der Waals surface area contributed by atoms with E-state index in [0.717, 1.165) is 11.8 Å². The second-order valence-electron chi connectivity index (χ2n) is 32.6. The Hall–Kier alpha value is -11.4. The van der Waals surface area contributed by atoms with Crippen LogP contribution in [0.4, 0.5) is 0 Å². The molecule has 0 aromatic heterocycles. The molecule has 3 rings (SSSR count). The molecule has 0 bridgehead atoms. The molecule has 0 unspecified atom stereocenters. The number of carboxylic acids is 1. The number of phenols is 2. The molecule has 2 aromatic rings. The lowest BCUT2D eigenvalue weighted by Gasteiger charge is -2.34. The number of aliphatic hydroxyl groups excluding tert-OH is 4. The number of guanidine groups is 1. The molecule has 19 atom stereocenters. The van der Waals surface area contributed by atoms with Crippen LogP contribution in [-0.4, -0.2) is 319 Å². The number of unbranched alkanes of at least 4 members (excludes halogenated alkanes) is 1. The molecule has 734 valence electrons. The molecule has 16 amide bonds. The molecule has 0 aliphatic carbocycles. The number of hydrogen-bond donors (Lipinski definition) is 31. The number of carboxylic acid groups (broad SMARTS) is 1. The van der Waals surface area contributed by atoms with Crippen molar-refractivity contribution in [3.8, 4) is 11.5 Å². The second-order valence-corrected chi connectivity index (χ2v) is 34.2. The van der Waals surface area contributed by atoms with Gasteiger partial charge in [0.1, 0.15) is 102 Å². The average Bonchev–Trinajstić information content (AvgIpc) is 1.65. The highest BCUT2D eigenvalue weighted by Crippen LogP contribution is 2.25. The van der Waals surface area contributed by atoms with E-state index in [1.807, 2.05) is 0 Å². The molecular formula is C81H134N24O24S2. The zero-order valence-corrected chi connectivity index (χ0v) is 76.2. The monoisotopic (exact) mass is 1890 g/mol. The van der Waals surface area contributed by atoms with Crippen molar-refractivity contribution in [3.05, 3.63) is 59.7 Å². The molecule has 50 heteroatoms. The molecule has 1 aliphatic heterocycles. The van der Waals surface area contributed by atoms with Crippen LogP contribution in [0.25, 0.3) is 0 Å². The van der Waals surface area contributed by atoms with Gasteiger partial charge in [0.2, 0.25) is 94.5 Å². The van der Waals surface area contributed by atoms with Crippen molar-refractivity contribution in [1.29, 1.82) is 0 Å². The average molecular weight is 1890 g/mol. The van der Waals surface area contributed by atoms with Crippen molar-refractivity contribution in [1.82, 2.24) is 79.3 Å². The standard InChI is InChI=1S/C81H134N24O24S2/c1-8-40(4)61(102-74(123)58-33-46(111)35-105(58)78(127)60(87)39(2)3)75(124)104-63(81(6,7)131)77(126)97-52(31-42-16-20-44(109)21-17-42)69(118)100-55(36-106)71(120)96-53(34-59(86)112)70(119)93-49(15-12-30-90-80(88)89)65(114)94-51(25-29-85)68(117)103-62(41(5)108)76(125)95-50(24-28-84)67(116)91-47(13-9-10-26-82)64(113)92-48(14-11-27-83)66(115)99-56(37-107)72(121)101-57(38-130)73(122)98-54(79(128)129)32-43-18-22-45(110)23-19-43/h16-23,39-41,46-58,60-63,106-111,130-131H,8-15,24-38,82-85,87H2,1-7H3,(H2,86,112)(H,91,116)(H,92,113)(H,93,119)(H,94,114)(H,95,125)(H,96,120)(H,97,126)(H,98,122)(H,99,115)(H,100,118)(H,101,121)(H,102,123)(H,103,117)(H,104,124)(H,128,129)(H4,88,89,90)/t40-,41+,46+,47-,48-,49-,50+,51-,52-,53-,54-,55-,56-,57-,58-,60-,61-,62-,63+/m0/s1. The number of carbonyl (C=O) groups excluding carboxylic acids is 16. The summed E-state index contributed by atoms with van der Waals surface area (Å²) in [7, 11) is 0. The van der Waals surface area contributed by atoms with E-state index >= 15 is 0 Å². The Morgan fingerprint density at radius 1 is 0.481 bits per heavy atom. The summed E-state index contributed by atoms with van der Waals surface area (Å²) < 4.78 is -1.48. The van der Waals surface area contributed by atoms with E-state index < -0.39 is 258 Å². The summed E-state index contributed by atoms with van der Waals surface area (Å²) in [6.07, 6.45) is -5.55. The normalized spacial score (nSPS) is 17.0. The lowest BCUT2D eigenvalue weighted by molar-refractivity contribution is -0.142. The van der Waals surface area contributed by atoms with Gasteiger partial charge in [0.15, 0.2) is 5.96 Å². The van der Waals surface area contributed by atoms with Crippen LogP contribution in [0.15, 0.2) is 53.5 Å². The fourth-order valence-corrected chi connectivity index (χ4v) is 13.7. The van der Waals surface area contributed by atoms with Gasteiger partial charge in [-0.05, 0) is 152 Å². The summed E-state index contributed by atoms with van der Waals surface area (Å²) in [6, 6.07) is -15.4. The van der Waals surface area contributed by atoms with Gasteiger partial charge in [-0.15, -0.1) is 0 Å². The molecule has 131 heavy (non-hydrogen) atoms. The Morgan fingerprint density at radius 2 is 0.863 bits per heavy atom. The van der Waals surface area contributed by atoms with Crippen LogP contribution in [0.2, 0.25) is 0 Å². The maximum absolute atomic E-state index is 14.7. The highest BCUT2D eigenvalue weighted by molar-refractivity contribution is 7.81. The first kappa shape index (κ1) is 114. The SMILES string of the molecule is CC[C@H](C)[C@H](NC(=O)[C@@H]1C[C@@H](O)CN1C(=O)[C@@H](N)C(C)C)C(=O)N[C@H](C(=O)N[C@@H](Cc1ccc(O)cc1)C(=O)N[C@@H](CO)C(=O)N[C@@H](CC(N)=O)C(=O)N[C@@H](CCCN=C(N)N)C(=O)N[C@@H](CCN)C(=O)N[C@H](C(=O)N[C@H](CCN)C(=O)N[C@@H](CCCCN)C(=O)N[C@@H](CCCN)C(=O)N[C@@H](CO)C(=O)N[C@@H](CS)C(=O)N[C@@H](Cc1ccc(O)cc1)C(=O)O)[C@@H](C)O)C(C)(C)S. The molecule has 1 heterocycles. The number of aliphatic imine (C=N–C) groups is 1. The van der Waals surface area contributed by atoms with Crippen molar-refractivity contribution in [2.75, 3.05) is 58.2 Å². The summed E-state index contributed by atoms with van der Waals surface area (Å²) in [5.41, 5.74) is 46.9. The minimum Gasteiger partial charge on any atom is -0.508 e. The Kier molecular flexibility index (Phi) is 49.6. The summed E-state index contributed by atoms with van der Waals surface area (Å²) in [6.45, 7) is 7.41. The van der Waals surface area contributed by atoms with Crippen LogP contribution in [0.3, 0.4) is 0 Å². The van der Waals surface area contributed by atoms with Gasteiger partial charge in [0, 0.05) is 42.9 Å². The van der Waals surface area contributed by atoms with Gasteiger partial charge in [-0.25, -0.2) is 4.79 Å². The van der Waals surface area contributed by atoms with Gasteiger partial charge in [-0.3, -0.25) is 81.7 Å². The van der Waals surface area contributed by atoms with Crippen molar-refractivity contribution in [2.24, 2.45) is 62.7 Å². The van der Waals surface area contributed by atoms with Crippen LogP contribution < -0.4 is 120 Å². The topological polar surface area (TPSA) is 824 Å². The highest BCUT2D eigenvalue weighted by atomic mass is 32.1. The van der Waals surface area contributed by atoms with Crippen molar-refractivity contribution in [3.63, 3.8) is 0 Å². The third-order valence-corrected chi connectivity index (χ3v) is 21.8. The van der Waals surface area contributed by atoms with E-state index in [9.17, 15) is 117 Å². The van der Waals surface area contributed by atoms with Crippen molar-refractivity contribution in [2.45, 2.75) is 252 Å². The number of β-amino-alcohol motifs (C(OH)–C–C–N with tert-alkyl or cyclic N) is 1. The number of nitrogens with one attached hydrogen (secondary N) is 14. The summed E-state index contributed by atoms with van der Waals surface area (Å²) in [4.78, 5) is 243. The summed E-state index contributed by atoms with van der Waals surface area (Å²) in [5, 5.41) is 106. The maximum Gasteiger partial charge on any atom is 0.326 e. The first-order chi connectivity index (χ1) is 61.6. The summed E-state index contributed by atoms with van der Waals surface area (Å²) >= 11 is 8.73. The molecule has 0 spiro atoms. The highest BCUT2D eigenvalue weighted by Gasteiger charge is 2.46. The van der Waals surface area contributed by atoms with E-state index in [1.54, 1.807) is 27.7 Å². The Labute approximate surface area is 768 Å². The number of hydrogen-bond acceptors (Lipinski definition) is 31. The molecule has 1 fully saturated rings. The van der Waals surface area contributed by atoms with Gasteiger partial charge < -0.3 is 161 Å². The summed E-state index contributed by atoms with van der Waals surface area (Å²) in [5.74, 6) is -20.8.